The van der Waals surface area contributed by atoms with Crippen molar-refractivity contribution in [3.8, 4) is 0 Å². The highest BCUT2D eigenvalue weighted by molar-refractivity contribution is 5.94. The third kappa shape index (κ3) is 10.8. The largest absolute Gasteiger partial charge is 0.480 e. The lowest BCUT2D eigenvalue weighted by molar-refractivity contribution is -0.142. The Morgan fingerprint density at radius 1 is 0.882 bits per heavy atom. The summed E-state index contributed by atoms with van der Waals surface area (Å²) >= 11 is 0. The van der Waals surface area contributed by atoms with Crippen LogP contribution in [0.5, 0.6) is 0 Å². The van der Waals surface area contributed by atoms with Crippen molar-refractivity contribution >= 4 is 23.7 Å². The second-order valence-corrected chi connectivity index (χ2v) is 8.90. The van der Waals surface area contributed by atoms with Gasteiger partial charge in [-0.2, -0.15) is 0 Å². The molecule has 0 bridgehead atoms. The smallest absolute Gasteiger partial charge is 0.326 e. The molecule has 1 rings (SSSR count). The summed E-state index contributed by atoms with van der Waals surface area (Å²) in [6.07, 6.45) is 2.31. The molecule has 1 aromatic rings. The van der Waals surface area contributed by atoms with Gasteiger partial charge >= 0.3 is 5.97 Å². The molecule has 4 atom stereocenters. The molecule has 0 aliphatic carbocycles. The molecule has 10 heteroatoms. The maximum absolute atomic E-state index is 13.0. The average Bonchev–Trinajstić information content (AvgIpc) is 2.78. The maximum atomic E-state index is 13.0. The van der Waals surface area contributed by atoms with E-state index in [9.17, 15) is 24.3 Å². The highest BCUT2D eigenvalue weighted by Gasteiger charge is 2.29. The van der Waals surface area contributed by atoms with Crippen LogP contribution in [0.2, 0.25) is 0 Å². The molecule has 10 nitrogen and oxygen atoms in total. The minimum Gasteiger partial charge on any atom is -0.480 e. The fourth-order valence-corrected chi connectivity index (χ4v) is 3.35. The van der Waals surface area contributed by atoms with Crippen molar-refractivity contribution < 1.29 is 24.3 Å². The normalized spacial score (nSPS) is 14.5. The van der Waals surface area contributed by atoms with Gasteiger partial charge in [0.25, 0.3) is 0 Å². The molecule has 0 spiro atoms. The molecule has 0 radical (unpaired) electrons. The van der Waals surface area contributed by atoms with Gasteiger partial charge in [-0.25, -0.2) is 4.79 Å². The number of carbonyl (C=O) groups excluding carboxylic acids is 3. The molecular formula is C24H39N5O5. The number of carboxylic acid groups (broad SMARTS) is 1. The Morgan fingerprint density at radius 2 is 1.50 bits per heavy atom. The van der Waals surface area contributed by atoms with Gasteiger partial charge in [-0.05, 0) is 44.2 Å². The number of unbranched alkanes of at least 4 members (excludes halogenated alkanes) is 1. The predicted octanol–water partition coefficient (Wildman–Crippen LogP) is 0.290. The summed E-state index contributed by atoms with van der Waals surface area (Å²) in [5.41, 5.74) is 12.1. The number of benzene rings is 1. The van der Waals surface area contributed by atoms with Crippen molar-refractivity contribution in [2.24, 2.45) is 17.4 Å². The first kappa shape index (κ1) is 29.1. The van der Waals surface area contributed by atoms with Crippen LogP contribution in [0.1, 0.15) is 52.0 Å². The van der Waals surface area contributed by atoms with Crippen LogP contribution in [-0.4, -0.2) is 59.5 Å². The lowest BCUT2D eigenvalue weighted by atomic mass is 10.0. The number of rotatable bonds is 15. The van der Waals surface area contributed by atoms with Gasteiger partial charge in [-0.15, -0.1) is 0 Å². The van der Waals surface area contributed by atoms with Crippen molar-refractivity contribution in [2.45, 2.75) is 77.0 Å². The van der Waals surface area contributed by atoms with Crippen LogP contribution in [0.25, 0.3) is 0 Å². The molecule has 8 N–H and O–H groups in total. The van der Waals surface area contributed by atoms with Crippen molar-refractivity contribution in [3.05, 3.63) is 35.9 Å². The van der Waals surface area contributed by atoms with Crippen LogP contribution >= 0.6 is 0 Å². The first-order valence-corrected chi connectivity index (χ1v) is 11.7. The molecule has 0 saturated carbocycles. The number of amides is 3. The van der Waals surface area contributed by atoms with Gasteiger partial charge < -0.3 is 32.5 Å². The van der Waals surface area contributed by atoms with E-state index < -0.39 is 47.9 Å². The number of aliphatic carboxylic acids is 1. The van der Waals surface area contributed by atoms with Crippen LogP contribution in [0.15, 0.2) is 30.3 Å². The van der Waals surface area contributed by atoms with E-state index in [4.69, 9.17) is 11.5 Å². The summed E-state index contributed by atoms with van der Waals surface area (Å²) in [6, 6.07) is 5.24. The minimum absolute atomic E-state index is 0.0489. The van der Waals surface area contributed by atoms with Gasteiger partial charge in [0.05, 0.1) is 6.04 Å². The lowest BCUT2D eigenvalue weighted by Crippen LogP contribution is -2.57. The monoisotopic (exact) mass is 477 g/mol. The van der Waals surface area contributed by atoms with E-state index in [-0.39, 0.29) is 18.8 Å². The molecular weight excluding hydrogens is 438 g/mol. The summed E-state index contributed by atoms with van der Waals surface area (Å²) in [5.74, 6) is -2.74. The molecule has 3 amide bonds. The van der Waals surface area contributed by atoms with E-state index in [2.05, 4.69) is 16.0 Å². The topological polar surface area (TPSA) is 177 Å². The van der Waals surface area contributed by atoms with Crippen LogP contribution in [0.4, 0.5) is 0 Å². The van der Waals surface area contributed by atoms with Gasteiger partial charge in [0.2, 0.25) is 17.7 Å². The number of carbonyl (C=O) groups is 4. The number of nitrogens with one attached hydrogen (secondary N) is 3. The standard InChI is InChI=1S/C24H39N5O5/c1-15(2)13-20(24(33)34)29-23(32)19(14-17-9-5-4-6-10-17)28-21(30)16(3)27-22(31)18(26)11-7-8-12-25/h4-6,9-10,15-16,18-20H,7-8,11-14,25-26H2,1-3H3,(H,27,31)(H,28,30)(H,29,32)(H,33,34)/t16-,18-,19-,20-/m0/s1. The van der Waals surface area contributed by atoms with Crippen LogP contribution in [0, 0.1) is 5.92 Å². The molecule has 0 heterocycles. The van der Waals surface area contributed by atoms with Gasteiger partial charge in [-0.3, -0.25) is 14.4 Å². The van der Waals surface area contributed by atoms with Gasteiger partial charge in [-0.1, -0.05) is 50.6 Å². The van der Waals surface area contributed by atoms with Crippen molar-refractivity contribution in [1.82, 2.24) is 16.0 Å². The van der Waals surface area contributed by atoms with Crippen molar-refractivity contribution in [2.75, 3.05) is 6.54 Å². The zero-order valence-electron chi connectivity index (χ0n) is 20.3. The van der Waals surface area contributed by atoms with Crippen molar-refractivity contribution in [1.29, 1.82) is 0 Å². The Labute approximate surface area is 201 Å². The second kappa shape index (κ2) is 15.0. The molecule has 0 aliphatic heterocycles. The van der Waals surface area contributed by atoms with E-state index in [1.807, 2.05) is 19.9 Å². The molecule has 0 fully saturated rings. The number of hydrogen-bond acceptors (Lipinski definition) is 6. The number of hydrogen-bond donors (Lipinski definition) is 6. The predicted molar refractivity (Wildman–Crippen MR) is 130 cm³/mol. The maximum Gasteiger partial charge on any atom is 0.326 e. The molecule has 0 aromatic heterocycles. The second-order valence-electron chi connectivity index (χ2n) is 8.90. The third-order valence-electron chi connectivity index (χ3n) is 5.30. The van der Waals surface area contributed by atoms with Gasteiger partial charge in [0, 0.05) is 6.42 Å². The highest BCUT2D eigenvalue weighted by Crippen LogP contribution is 2.08. The first-order chi connectivity index (χ1) is 16.0. The number of nitrogens with two attached hydrogens (primary N) is 2. The van der Waals surface area contributed by atoms with Crippen LogP contribution in [0.3, 0.4) is 0 Å². The Balaban J connectivity index is 2.87. The minimum atomic E-state index is -1.14. The van der Waals surface area contributed by atoms with Crippen LogP contribution in [-0.2, 0) is 25.6 Å². The SMILES string of the molecule is CC(C)C[C@H](NC(=O)[C@H](Cc1ccccc1)NC(=O)[C@H](C)NC(=O)[C@@H](N)CCCCN)C(=O)O. The molecule has 190 valence electrons. The quantitative estimate of drug-likeness (QED) is 0.197. The van der Waals surface area contributed by atoms with Crippen LogP contribution < -0.4 is 27.4 Å². The van der Waals surface area contributed by atoms with E-state index >= 15 is 0 Å². The summed E-state index contributed by atoms with van der Waals surface area (Å²) in [4.78, 5) is 49.6. The van der Waals surface area contributed by atoms with E-state index in [1.165, 1.54) is 6.92 Å². The third-order valence-corrected chi connectivity index (χ3v) is 5.30. The zero-order chi connectivity index (χ0) is 25.7. The van der Waals surface area contributed by atoms with E-state index in [0.717, 1.165) is 12.0 Å². The summed E-state index contributed by atoms with van der Waals surface area (Å²) in [6.45, 7) is 5.72. The average molecular weight is 478 g/mol. The lowest BCUT2D eigenvalue weighted by Gasteiger charge is -2.24. The molecule has 34 heavy (non-hydrogen) atoms. The summed E-state index contributed by atoms with van der Waals surface area (Å²) < 4.78 is 0. The first-order valence-electron chi connectivity index (χ1n) is 11.7. The molecule has 0 unspecified atom stereocenters. The van der Waals surface area contributed by atoms with E-state index in [1.54, 1.807) is 24.3 Å². The Bertz CT molecular complexity index is 802. The van der Waals surface area contributed by atoms with Crippen molar-refractivity contribution in [3.63, 3.8) is 0 Å². The van der Waals surface area contributed by atoms with Gasteiger partial charge in [0.15, 0.2) is 0 Å². The molecule has 1 aromatic carbocycles. The molecule has 0 aliphatic rings. The molecule has 0 saturated heterocycles. The zero-order valence-corrected chi connectivity index (χ0v) is 20.3. The highest BCUT2D eigenvalue weighted by atomic mass is 16.4. The summed E-state index contributed by atoms with van der Waals surface area (Å²) in [7, 11) is 0. The van der Waals surface area contributed by atoms with Gasteiger partial charge in [0.1, 0.15) is 18.1 Å². The van der Waals surface area contributed by atoms with E-state index in [0.29, 0.717) is 19.4 Å². The Hall–Kier alpha value is -2.98. The Morgan fingerprint density at radius 3 is 2.06 bits per heavy atom. The fourth-order valence-electron chi connectivity index (χ4n) is 3.35. The summed E-state index contributed by atoms with van der Waals surface area (Å²) in [5, 5.41) is 17.2. The fraction of sp³-hybridized carbons (Fsp3) is 0.583. The number of carboxylic acids is 1. The Kier molecular flexibility index (Phi) is 12.8.